The molecule has 0 spiro atoms. The summed E-state index contributed by atoms with van der Waals surface area (Å²) in [6.07, 6.45) is 0.590. The van der Waals surface area contributed by atoms with Gasteiger partial charge in [-0.2, -0.15) is 0 Å². The van der Waals surface area contributed by atoms with Gasteiger partial charge in [0, 0.05) is 12.7 Å². The molecule has 6 heteroatoms. The van der Waals surface area contributed by atoms with Gasteiger partial charge in [-0.25, -0.2) is 9.78 Å². The number of carbonyl (C=O) groups excluding carboxylic acids is 1. The molecule has 2 amide bonds. The number of hydrogen-bond donors (Lipinski definition) is 1. The Morgan fingerprint density at radius 2 is 1.66 bits per heavy atom. The minimum absolute atomic E-state index is 0.139. The van der Waals surface area contributed by atoms with Crippen molar-refractivity contribution in [2.75, 3.05) is 12.4 Å². The number of fused-ring (bicyclic) bond motifs is 1. The van der Waals surface area contributed by atoms with Crippen molar-refractivity contribution in [1.82, 2.24) is 14.5 Å². The van der Waals surface area contributed by atoms with Crippen molar-refractivity contribution in [3.05, 3.63) is 99.1 Å². The van der Waals surface area contributed by atoms with Crippen LogP contribution in [0.5, 0.6) is 0 Å². The number of aromatic nitrogens is 2. The molecule has 35 heavy (non-hydrogen) atoms. The fourth-order valence-electron chi connectivity index (χ4n) is 4.64. The Morgan fingerprint density at radius 1 is 0.971 bits per heavy atom. The van der Waals surface area contributed by atoms with Gasteiger partial charge in [0.05, 0.1) is 22.6 Å². The molecule has 6 nitrogen and oxygen atoms in total. The van der Waals surface area contributed by atoms with E-state index in [4.69, 9.17) is 4.98 Å². The van der Waals surface area contributed by atoms with E-state index >= 15 is 0 Å². The first-order chi connectivity index (χ1) is 16.7. The van der Waals surface area contributed by atoms with Gasteiger partial charge < -0.3 is 10.2 Å². The van der Waals surface area contributed by atoms with Gasteiger partial charge in [-0.05, 0) is 69.0 Å². The van der Waals surface area contributed by atoms with Crippen LogP contribution in [0, 0.1) is 27.7 Å². The molecule has 3 aromatic carbocycles. The molecule has 4 rings (SSSR count). The quantitative estimate of drug-likeness (QED) is 0.377. The number of amides is 2. The number of carbonyl (C=O) groups is 1. The second-order valence-electron chi connectivity index (χ2n) is 9.15. The van der Waals surface area contributed by atoms with E-state index < -0.39 is 6.04 Å². The molecule has 180 valence electrons. The highest BCUT2D eigenvalue weighted by Crippen LogP contribution is 2.28. The fourth-order valence-corrected chi connectivity index (χ4v) is 4.64. The van der Waals surface area contributed by atoms with E-state index in [0.717, 1.165) is 33.6 Å². The van der Waals surface area contributed by atoms with Crippen molar-refractivity contribution in [3.63, 3.8) is 0 Å². The van der Waals surface area contributed by atoms with E-state index in [-0.39, 0.29) is 11.6 Å². The van der Waals surface area contributed by atoms with Gasteiger partial charge in [-0.15, -0.1) is 0 Å². The van der Waals surface area contributed by atoms with E-state index in [1.807, 2.05) is 83.1 Å². The van der Waals surface area contributed by atoms with Gasteiger partial charge >= 0.3 is 6.03 Å². The second kappa shape index (κ2) is 9.74. The Kier molecular flexibility index (Phi) is 6.74. The predicted molar refractivity (Wildman–Crippen MR) is 143 cm³/mol. The third kappa shape index (κ3) is 4.56. The lowest BCUT2D eigenvalue weighted by molar-refractivity contribution is 0.199. The zero-order valence-electron chi connectivity index (χ0n) is 21.2. The number of aryl methyl sites for hydroxylation is 4. The molecule has 1 N–H and O–H groups in total. The van der Waals surface area contributed by atoms with E-state index in [9.17, 15) is 9.59 Å². The summed E-state index contributed by atoms with van der Waals surface area (Å²) in [5.41, 5.74) is 6.14. The molecule has 0 bridgehead atoms. The minimum atomic E-state index is -0.419. The van der Waals surface area contributed by atoms with Gasteiger partial charge in [-0.3, -0.25) is 9.36 Å². The maximum atomic E-state index is 13.8. The zero-order chi connectivity index (χ0) is 25.3. The Morgan fingerprint density at radius 3 is 2.31 bits per heavy atom. The third-order valence-corrected chi connectivity index (χ3v) is 6.58. The Balaban J connectivity index is 1.86. The van der Waals surface area contributed by atoms with Gasteiger partial charge in [0.1, 0.15) is 5.82 Å². The smallest absolute Gasteiger partial charge is 0.317 e. The Labute approximate surface area is 206 Å². The summed E-state index contributed by atoms with van der Waals surface area (Å²) in [7, 11) is 1.75. The number of anilines is 1. The van der Waals surface area contributed by atoms with E-state index in [1.54, 1.807) is 22.6 Å². The number of rotatable bonds is 5. The van der Waals surface area contributed by atoms with Crippen molar-refractivity contribution in [2.24, 2.45) is 0 Å². The third-order valence-electron chi connectivity index (χ3n) is 6.58. The summed E-state index contributed by atoms with van der Waals surface area (Å²) in [6.45, 7) is 9.97. The van der Waals surface area contributed by atoms with Crippen LogP contribution in [0.2, 0.25) is 0 Å². The zero-order valence-corrected chi connectivity index (χ0v) is 21.2. The highest BCUT2D eigenvalue weighted by Gasteiger charge is 2.27. The van der Waals surface area contributed by atoms with Crippen LogP contribution in [-0.2, 0) is 0 Å². The molecule has 1 aromatic heterocycles. The molecule has 0 aliphatic heterocycles. The van der Waals surface area contributed by atoms with Crippen molar-refractivity contribution in [3.8, 4) is 5.69 Å². The van der Waals surface area contributed by atoms with E-state index in [0.29, 0.717) is 23.1 Å². The van der Waals surface area contributed by atoms with Crippen LogP contribution in [0.3, 0.4) is 0 Å². The molecule has 0 saturated heterocycles. The first-order valence-electron chi connectivity index (χ1n) is 11.9. The Bertz CT molecular complexity index is 1450. The summed E-state index contributed by atoms with van der Waals surface area (Å²) in [5.74, 6) is 0.544. The molecule has 0 radical (unpaired) electrons. The number of para-hydroxylation sites is 2. The molecule has 4 aromatic rings. The van der Waals surface area contributed by atoms with Crippen LogP contribution in [0.4, 0.5) is 10.5 Å². The van der Waals surface area contributed by atoms with Crippen molar-refractivity contribution in [2.45, 2.75) is 47.1 Å². The lowest BCUT2D eigenvalue weighted by Gasteiger charge is -2.30. The number of nitrogens with one attached hydrogen (secondary N) is 1. The van der Waals surface area contributed by atoms with Gasteiger partial charge in [0.25, 0.3) is 5.56 Å². The maximum Gasteiger partial charge on any atom is 0.322 e. The molecular weight excluding hydrogens is 436 g/mol. The fraction of sp³-hybridized carbons (Fsp3) is 0.276. The molecule has 1 atom stereocenters. The molecule has 1 heterocycles. The van der Waals surface area contributed by atoms with Crippen LogP contribution in [-0.4, -0.2) is 27.5 Å². The first kappa shape index (κ1) is 24.2. The predicted octanol–water partition coefficient (Wildman–Crippen LogP) is 6.23. The number of hydrogen-bond acceptors (Lipinski definition) is 3. The van der Waals surface area contributed by atoms with Crippen LogP contribution in [0.25, 0.3) is 16.6 Å². The van der Waals surface area contributed by atoms with Crippen LogP contribution >= 0.6 is 0 Å². The van der Waals surface area contributed by atoms with Crippen LogP contribution < -0.4 is 10.9 Å². The average molecular weight is 469 g/mol. The lowest BCUT2D eigenvalue weighted by Crippen LogP contribution is -2.38. The average Bonchev–Trinajstić information content (AvgIpc) is 2.83. The van der Waals surface area contributed by atoms with Gasteiger partial charge in [-0.1, -0.05) is 55.0 Å². The monoisotopic (exact) mass is 468 g/mol. The minimum Gasteiger partial charge on any atom is -0.317 e. The standard InChI is InChI=1S/C29H32N4O2/c1-7-24(32(6)29(35)31-26-19(3)11-10-12-20(26)4)27-30-23-14-9-8-13-22(23)28(34)33(27)25-16-15-18(2)17-21(25)5/h8-17,24H,7H2,1-6H3,(H,31,35). The van der Waals surface area contributed by atoms with Crippen LogP contribution in [0.15, 0.2) is 65.5 Å². The largest absolute Gasteiger partial charge is 0.322 e. The van der Waals surface area contributed by atoms with Crippen molar-refractivity contribution in [1.29, 1.82) is 0 Å². The molecular formula is C29H32N4O2. The highest BCUT2D eigenvalue weighted by atomic mass is 16.2. The van der Waals surface area contributed by atoms with Crippen molar-refractivity contribution >= 4 is 22.6 Å². The summed E-state index contributed by atoms with van der Waals surface area (Å²) in [6, 6.07) is 18.6. The lowest BCUT2D eigenvalue weighted by atomic mass is 10.1. The highest BCUT2D eigenvalue weighted by molar-refractivity contribution is 5.91. The molecule has 0 fully saturated rings. The van der Waals surface area contributed by atoms with Crippen molar-refractivity contribution < 1.29 is 4.79 Å². The van der Waals surface area contributed by atoms with Gasteiger partial charge in [0.15, 0.2) is 0 Å². The summed E-state index contributed by atoms with van der Waals surface area (Å²) < 4.78 is 1.67. The maximum absolute atomic E-state index is 13.8. The summed E-state index contributed by atoms with van der Waals surface area (Å²) >= 11 is 0. The number of urea groups is 1. The van der Waals surface area contributed by atoms with E-state index in [2.05, 4.69) is 11.4 Å². The molecule has 0 aliphatic rings. The summed E-state index contributed by atoms with van der Waals surface area (Å²) in [4.78, 5) is 33.8. The first-order valence-corrected chi connectivity index (χ1v) is 11.9. The normalized spacial score (nSPS) is 11.9. The summed E-state index contributed by atoms with van der Waals surface area (Å²) in [5, 5.41) is 3.61. The molecule has 0 saturated carbocycles. The second-order valence-corrected chi connectivity index (χ2v) is 9.15. The molecule has 1 unspecified atom stereocenters. The molecule has 0 aliphatic carbocycles. The Hall–Kier alpha value is -3.93. The van der Waals surface area contributed by atoms with Crippen LogP contribution in [0.1, 0.15) is 47.5 Å². The number of nitrogens with zero attached hydrogens (tertiary/aromatic N) is 3. The topological polar surface area (TPSA) is 67.2 Å². The van der Waals surface area contributed by atoms with Gasteiger partial charge in [0.2, 0.25) is 0 Å². The number of benzene rings is 3. The SMILES string of the molecule is CCC(c1nc2ccccc2c(=O)n1-c1ccc(C)cc1C)N(C)C(=O)Nc1c(C)cccc1C. The van der Waals surface area contributed by atoms with E-state index in [1.165, 1.54) is 0 Å².